The minimum Gasteiger partial charge on any atom is -0.497 e. The van der Waals surface area contributed by atoms with E-state index in [0.29, 0.717) is 11.5 Å². The second-order valence-corrected chi connectivity index (χ2v) is 9.10. The summed E-state index contributed by atoms with van der Waals surface area (Å²) in [5.41, 5.74) is 4.67. The molecule has 4 aromatic rings. The molecule has 0 aromatic heterocycles. The molecule has 4 aromatic carbocycles. The highest BCUT2D eigenvalue weighted by atomic mass is 16.7. The van der Waals surface area contributed by atoms with Crippen molar-refractivity contribution in [1.82, 2.24) is 0 Å². The van der Waals surface area contributed by atoms with E-state index >= 15 is 0 Å². The fourth-order valence-electron chi connectivity index (χ4n) is 4.56. The summed E-state index contributed by atoms with van der Waals surface area (Å²) in [6, 6.07) is 26.3. The van der Waals surface area contributed by atoms with Gasteiger partial charge in [0.2, 0.25) is 6.79 Å². The molecule has 0 fully saturated rings. The Morgan fingerprint density at radius 1 is 0.553 bits per heavy atom. The normalized spacial score (nSPS) is 11.8. The van der Waals surface area contributed by atoms with Crippen molar-refractivity contribution in [3.8, 4) is 40.2 Å². The first kappa shape index (κ1) is 25.3. The summed E-state index contributed by atoms with van der Waals surface area (Å²) in [6.45, 7) is 0.288. The minimum absolute atomic E-state index is 0.288. The molecule has 0 N–H and O–H groups in total. The number of benzene rings is 4. The van der Waals surface area contributed by atoms with Crippen LogP contribution in [0.2, 0.25) is 0 Å². The number of rotatable bonds is 11. The summed E-state index contributed by atoms with van der Waals surface area (Å²) in [7, 11) is 4.99. The van der Waals surface area contributed by atoms with Crippen molar-refractivity contribution in [3.05, 3.63) is 101 Å². The topological polar surface area (TPSA) is 55.4 Å². The Balaban J connectivity index is 1.29. The second-order valence-electron chi connectivity index (χ2n) is 9.10. The van der Waals surface area contributed by atoms with Crippen LogP contribution in [-0.2, 0) is 25.7 Å². The standard InChI is InChI=1S/C32H32O6/c1-33-26-14-10-22(11-15-26)9-13-25-19-32(30(35-3)20-29(25)34-2)38-27-6-4-5-23(17-27)7-8-24-12-16-28-31(18-24)37-21-36-28/h4-6,10-12,14-20H,7-9,13,21H2,1-3H3. The zero-order valence-corrected chi connectivity index (χ0v) is 22.0. The predicted molar refractivity (Wildman–Crippen MR) is 146 cm³/mol. The largest absolute Gasteiger partial charge is 0.497 e. The average molecular weight is 513 g/mol. The fourth-order valence-corrected chi connectivity index (χ4v) is 4.56. The third kappa shape index (κ3) is 5.97. The van der Waals surface area contributed by atoms with Crippen LogP contribution in [0.15, 0.2) is 78.9 Å². The van der Waals surface area contributed by atoms with Crippen molar-refractivity contribution >= 4 is 0 Å². The fraction of sp³-hybridized carbons (Fsp3) is 0.250. The lowest BCUT2D eigenvalue weighted by atomic mass is 10.0. The van der Waals surface area contributed by atoms with Crippen molar-refractivity contribution < 1.29 is 28.4 Å². The summed E-state index contributed by atoms with van der Waals surface area (Å²) < 4.78 is 33.8. The molecule has 0 atom stereocenters. The molecule has 5 rings (SSSR count). The molecule has 6 nitrogen and oxygen atoms in total. The monoisotopic (exact) mass is 512 g/mol. The van der Waals surface area contributed by atoms with Gasteiger partial charge in [-0.15, -0.1) is 0 Å². The average Bonchev–Trinajstić information content (AvgIpc) is 3.43. The van der Waals surface area contributed by atoms with Gasteiger partial charge in [0.25, 0.3) is 0 Å². The van der Waals surface area contributed by atoms with Crippen LogP contribution in [0, 0.1) is 0 Å². The third-order valence-corrected chi connectivity index (χ3v) is 6.67. The van der Waals surface area contributed by atoms with E-state index in [9.17, 15) is 0 Å². The minimum atomic E-state index is 0.288. The number of methoxy groups -OCH3 is 3. The van der Waals surface area contributed by atoms with Crippen LogP contribution in [0.3, 0.4) is 0 Å². The van der Waals surface area contributed by atoms with Gasteiger partial charge in [-0.05, 0) is 90.4 Å². The zero-order valence-electron chi connectivity index (χ0n) is 22.0. The molecule has 0 amide bonds. The van der Waals surface area contributed by atoms with E-state index < -0.39 is 0 Å². The number of hydrogen-bond donors (Lipinski definition) is 0. The molecule has 1 aliphatic heterocycles. The second kappa shape index (κ2) is 11.8. The molecule has 0 aliphatic carbocycles. The molecule has 196 valence electrons. The predicted octanol–water partition coefficient (Wildman–Crippen LogP) is 6.80. The summed E-state index contributed by atoms with van der Waals surface area (Å²) >= 11 is 0. The lowest BCUT2D eigenvalue weighted by molar-refractivity contribution is 0.174. The molecule has 0 saturated carbocycles. The van der Waals surface area contributed by atoms with Crippen molar-refractivity contribution in [2.75, 3.05) is 28.1 Å². The van der Waals surface area contributed by atoms with Gasteiger partial charge in [-0.3, -0.25) is 0 Å². The van der Waals surface area contributed by atoms with Gasteiger partial charge in [0.05, 0.1) is 21.3 Å². The van der Waals surface area contributed by atoms with Crippen LogP contribution < -0.4 is 28.4 Å². The Labute approximate surface area is 223 Å². The van der Waals surface area contributed by atoms with E-state index in [1.54, 1.807) is 21.3 Å². The summed E-state index contributed by atoms with van der Waals surface area (Å²) in [6.07, 6.45) is 3.43. The van der Waals surface area contributed by atoms with E-state index in [1.165, 1.54) is 16.7 Å². The van der Waals surface area contributed by atoms with Gasteiger partial charge < -0.3 is 28.4 Å². The first-order valence-electron chi connectivity index (χ1n) is 12.7. The molecular formula is C32H32O6. The van der Waals surface area contributed by atoms with Crippen LogP contribution in [0.1, 0.15) is 22.3 Å². The Hall–Kier alpha value is -4.32. The molecule has 1 aliphatic rings. The maximum absolute atomic E-state index is 6.34. The van der Waals surface area contributed by atoms with E-state index in [1.807, 2.05) is 42.5 Å². The first-order chi connectivity index (χ1) is 18.6. The van der Waals surface area contributed by atoms with Crippen LogP contribution in [0.25, 0.3) is 0 Å². The Morgan fingerprint density at radius 3 is 2.03 bits per heavy atom. The van der Waals surface area contributed by atoms with Crippen LogP contribution in [0.5, 0.6) is 40.2 Å². The van der Waals surface area contributed by atoms with E-state index in [0.717, 1.165) is 60.0 Å². The van der Waals surface area contributed by atoms with E-state index in [-0.39, 0.29) is 6.79 Å². The summed E-state index contributed by atoms with van der Waals surface area (Å²) in [5.74, 6) is 5.30. The molecular weight excluding hydrogens is 480 g/mol. The highest BCUT2D eigenvalue weighted by Gasteiger charge is 2.15. The smallest absolute Gasteiger partial charge is 0.231 e. The Bertz CT molecular complexity index is 1380. The number of fused-ring (bicyclic) bond motifs is 1. The van der Waals surface area contributed by atoms with Gasteiger partial charge >= 0.3 is 0 Å². The molecule has 6 heteroatoms. The maximum atomic E-state index is 6.34. The first-order valence-corrected chi connectivity index (χ1v) is 12.7. The molecule has 0 saturated heterocycles. The molecule has 38 heavy (non-hydrogen) atoms. The summed E-state index contributed by atoms with van der Waals surface area (Å²) in [5, 5.41) is 0. The highest BCUT2D eigenvalue weighted by Crippen LogP contribution is 2.38. The van der Waals surface area contributed by atoms with Crippen LogP contribution in [-0.4, -0.2) is 28.1 Å². The lowest BCUT2D eigenvalue weighted by Crippen LogP contribution is -1.99. The summed E-state index contributed by atoms with van der Waals surface area (Å²) in [4.78, 5) is 0. The molecule has 0 radical (unpaired) electrons. The third-order valence-electron chi connectivity index (χ3n) is 6.67. The number of hydrogen-bond acceptors (Lipinski definition) is 6. The Morgan fingerprint density at radius 2 is 1.26 bits per heavy atom. The number of ether oxygens (including phenoxy) is 6. The van der Waals surface area contributed by atoms with Gasteiger partial charge in [0.1, 0.15) is 17.2 Å². The van der Waals surface area contributed by atoms with Crippen molar-refractivity contribution in [1.29, 1.82) is 0 Å². The van der Waals surface area contributed by atoms with Crippen molar-refractivity contribution in [2.45, 2.75) is 25.7 Å². The molecule has 0 bridgehead atoms. The van der Waals surface area contributed by atoms with Crippen molar-refractivity contribution in [3.63, 3.8) is 0 Å². The quantitative estimate of drug-likeness (QED) is 0.220. The van der Waals surface area contributed by atoms with Crippen LogP contribution >= 0.6 is 0 Å². The van der Waals surface area contributed by atoms with E-state index in [4.69, 9.17) is 28.4 Å². The maximum Gasteiger partial charge on any atom is 0.231 e. The van der Waals surface area contributed by atoms with Gasteiger partial charge in [0, 0.05) is 6.07 Å². The molecule has 0 spiro atoms. The van der Waals surface area contributed by atoms with Gasteiger partial charge in [-0.2, -0.15) is 0 Å². The molecule has 0 unspecified atom stereocenters. The van der Waals surface area contributed by atoms with Crippen molar-refractivity contribution in [2.24, 2.45) is 0 Å². The highest BCUT2D eigenvalue weighted by molar-refractivity contribution is 5.53. The lowest BCUT2D eigenvalue weighted by Gasteiger charge is -2.16. The molecule has 1 heterocycles. The van der Waals surface area contributed by atoms with Crippen LogP contribution in [0.4, 0.5) is 0 Å². The van der Waals surface area contributed by atoms with E-state index in [2.05, 4.69) is 36.4 Å². The zero-order chi connectivity index (χ0) is 26.3. The van der Waals surface area contributed by atoms with Gasteiger partial charge in [-0.1, -0.05) is 30.3 Å². The van der Waals surface area contributed by atoms with Gasteiger partial charge in [-0.25, -0.2) is 0 Å². The number of aryl methyl sites for hydroxylation is 4. The Kier molecular flexibility index (Phi) is 7.88. The van der Waals surface area contributed by atoms with Gasteiger partial charge in [0.15, 0.2) is 23.0 Å². The SMILES string of the molecule is COc1ccc(CCc2cc(Oc3cccc(CCc4ccc5c(c4)OCO5)c3)c(OC)cc2OC)cc1.